The van der Waals surface area contributed by atoms with Gasteiger partial charge in [0, 0.05) is 51.7 Å². The summed E-state index contributed by atoms with van der Waals surface area (Å²) in [6.07, 6.45) is 0.702. The molecule has 1 aromatic heterocycles. The number of hydrogen-bond donors (Lipinski definition) is 2. The molecular formula is C30H26ClN3O8S2. The second kappa shape index (κ2) is 11.0. The smallest absolute Gasteiger partial charge is 0.305 e. The first-order valence-electron chi connectivity index (χ1n) is 14.2. The van der Waals surface area contributed by atoms with E-state index in [0.29, 0.717) is 27.8 Å². The number of rotatable bonds is 9. The third-order valence-corrected chi connectivity index (χ3v) is 12.2. The molecule has 3 fully saturated rings. The van der Waals surface area contributed by atoms with E-state index >= 15 is 0 Å². The molecule has 2 aliphatic carbocycles. The molecule has 14 heteroatoms. The number of benzene rings is 2. The molecule has 2 saturated carbocycles. The van der Waals surface area contributed by atoms with Crippen LogP contribution in [0.4, 0.5) is 5.69 Å². The summed E-state index contributed by atoms with van der Waals surface area (Å²) in [5.74, 6) is -3.11. The fourth-order valence-corrected chi connectivity index (χ4v) is 10.9. The molecule has 7 rings (SSSR count). The number of H-pyrrole nitrogens is 1. The molecule has 3 heterocycles. The summed E-state index contributed by atoms with van der Waals surface area (Å²) in [6.45, 7) is 0.224. The van der Waals surface area contributed by atoms with Gasteiger partial charge in [-0.2, -0.15) is 0 Å². The number of thiazole rings is 1. The minimum atomic E-state index is -0.986. The highest BCUT2D eigenvalue weighted by Crippen LogP contribution is 2.69. The number of carbonyl (C=O) groups is 3. The number of nitro benzene ring substituents is 1. The minimum absolute atomic E-state index is 0.0648. The molecule has 228 valence electrons. The fraction of sp³-hybridized carbons (Fsp3) is 0.400. The van der Waals surface area contributed by atoms with Crippen molar-refractivity contribution < 1.29 is 29.2 Å². The van der Waals surface area contributed by atoms with Gasteiger partial charge in [-0.15, -0.1) is 11.8 Å². The van der Waals surface area contributed by atoms with E-state index in [4.69, 9.17) is 21.4 Å². The van der Waals surface area contributed by atoms with E-state index in [-0.39, 0.29) is 71.4 Å². The van der Waals surface area contributed by atoms with Crippen LogP contribution < -0.4 is 9.61 Å². The predicted molar refractivity (Wildman–Crippen MR) is 161 cm³/mol. The summed E-state index contributed by atoms with van der Waals surface area (Å²) in [5.41, 5.74) is 1.26. The van der Waals surface area contributed by atoms with Crippen molar-refractivity contribution in [1.29, 1.82) is 0 Å². The summed E-state index contributed by atoms with van der Waals surface area (Å²) < 4.78 is 6.27. The third-order valence-electron chi connectivity index (χ3n) is 9.41. The van der Waals surface area contributed by atoms with Crippen molar-refractivity contribution in [3.05, 3.63) is 83.3 Å². The lowest BCUT2D eigenvalue weighted by atomic mass is 9.68. The summed E-state index contributed by atoms with van der Waals surface area (Å²) in [5, 5.41) is 22.1. The van der Waals surface area contributed by atoms with Crippen LogP contribution in [0, 0.1) is 39.7 Å². The Kier molecular flexibility index (Phi) is 7.29. The Morgan fingerprint density at radius 2 is 1.91 bits per heavy atom. The van der Waals surface area contributed by atoms with Crippen molar-refractivity contribution in [3.8, 4) is 5.75 Å². The van der Waals surface area contributed by atoms with Crippen LogP contribution in [-0.2, 0) is 21.0 Å². The molecule has 44 heavy (non-hydrogen) atoms. The number of hydrogen-bond acceptors (Lipinski definition) is 9. The lowest BCUT2D eigenvalue weighted by Crippen LogP contribution is -2.42. The van der Waals surface area contributed by atoms with Gasteiger partial charge in [-0.05, 0) is 54.4 Å². The maximum absolute atomic E-state index is 13.7. The van der Waals surface area contributed by atoms with E-state index in [1.165, 1.54) is 28.8 Å². The number of aromatic amines is 1. The molecule has 3 aromatic rings. The van der Waals surface area contributed by atoms with E-state index in [2.05, 4.69) is 4.98 Å². The molecule has 2 aromatic carbocycles. The van der Waals surface area contributed by atoms with E-state index in [1.54, 1.807) is 24.3 Å². The van der Waals surface area contributed by atoms with Gasteiger partial charge in [0.15, 0.2) is 0 Å². The number of nitro groups is 1. The summed E-state index contributed by atoms with van der Waals surface area (Å²) in [6, 6.07) is 11.7. The third kappa shape index (κ3) is 4.72. The largest absolute Gasteiger partial charge is 0.489 e. The summed E-state index contributed by atoms with van der Waals surface area (Å²) >= 11 is 8.74. The van der Waals surface area contributed by atoms with E-state index < -0.39 is 28.6 Å². The highest BCUT2D eigenvalue weighted by Gasteiger charge is 2.69. The number of thioether (sulfide) groups is 1. The molecule has 1 saturated heterocycles. The van der Waals surface area contributed by atoms with E-state index in [1.807, 2.05) is 6.07 Å². The number of carboxylic acids is 1. The average molecular weight is 656 g/mol. The topological polar surface area (TPSA) is 160 Å². The number of ether oxygens (including phenoxy) is 1. The maximum Gasteiger partial charge on any atom is 0.305 e. The first-order chi connectivity index (χ1) is 21.1. The van der Waals surface area contributed by atoms with Gasteiger partial charge in [0.2, 0.25) is 11.8 Å². The first-order valence-corrected chi connectivity index (χ1v) is 16.3. The zero-order valence-electron chi connectivity index (χ0n) is 23.0. The normalized spacial score (nSPS) is 28.1. The van der Waals surface area contributed by atoms with Crippen molar-refractivity contribution in [2.75, 3.05) is 6.54 Å². The number of non-ortho nitro benzene ring substituents is 1. The number of amides is 2. The number of nitrogens with one attached hydrogen (secondary N) is 1. The van der Waals surface area contributed by atoms with Gasteiger partial charge >= 0.3 is 10.8 Å². The highest BCUT2D eigenvalue weighted by molar-refractivity contribution is 8.00. The van der Waals surface area contributed by atoms with Gasteiger partial charge in [-0.1, -0.05) is 35.1 Å². The number of likely N-dealkylation sites (tertiary alicyclic amines) is 1. The van der Waals surface area contributed by atoms with Crippen LogP contribution in [0.2, 0.25) is 5.02 Å². The monoisotopic (exact) mass is 655 g/mol. The van der Waals surface area contributed by atoms with Crippen LogP contribution in [0.25, 0.3) is 0 Å². The van der Waals surface area contributed by atoms with Crippen LogP contribution >= 0.6 is 34.7 Å². The Bertz CT molecular complexity index is 1770. The van der Waals surface area contributed by atoms with Crippen LogP contribution in [0.3, 0.4) is 0 Å². The average Bonchev–Trinajstić information content (AvgIpc) is 3.71. The molecule has 4 aliphatic rings. The van der Waals surface area contributed by atoms with Gasteiger partial charge in [0.25, 0.3) is 5.69 Å². The number of halogens is 1. The molecule has 7 atom stereocenters. The number of aliphatic carboxylic acids is 1. The van der Waals surface area contributed by atoms with Crippen molar-refractivity contribution in [1.82, 2.24) is 9.88 Å². The number of fused-ring (bicyclic) bond motifs is 9. The predicted octanol–water partition coefficient (Wildman–Crippen LogP) is 4.92. The number of aromatic nitrogens is 1. The maximum atomic E-state index is 13.7. The standard InChI is InChI=1S/C30H26ClN3O8S2/c31-14-4-1-3-13(9-14)12-42-19-7-6-15(34(40)41)10-16(19)21-22-17-11-18(25(22)43-27-26(21)44-30(39)32-27)24-23(17)28(37)33(29(24)38)8-2-5-20(35)36/h1,3-4,6-7,9-10,17-18,21-25H,2,5,8,11-12H2,(H,32,39)(H,35,36)/t17?,18?,21-,22?,23?,24?,25?/m1/s1. The summed E-state index contributed by atoms with van der Waals surface area (Å²) in [4.78, 5) is 67.1. The Hall–Kier alpha value is -3.68. The lowest BCUT2D eigenvalue weighted by molar-refractivity contribution is -0.385. The Balaban J connectivity index is 1.28. The van der Waals surface area contributed by atoms with Crippen LogP contribution in [-0.4, -0.2) is 49.5 Å². The molecule has 0 spiro atoms. The Morgan fingerprint density at radius 1 is 1.14 bits per heavy atom. The van der Waals surface area contributed by atoms with Gasteiger partial charge in [-0.3, -0.25) is 34.2 Å². The van der Waals surface area contributed by atoms with Crippen LogP contribution in [0.5, 0.6) is 5.75 Å². The number of carboxylic acid groups (broad SMARTS) is 1. The van der Waals surface area contributed by atoms with Gasteiger partial charge in [0.05, 0.1) is 21.8 Å². The lowest BCUT2D eigenvalue weighted by Gasteiger charge is -2.43. The van der Waals surface area contributed by atoms with Crippen molar-refractivity contribution >= 4 is 58.2 Å². The summed E-state index contributed by atoms with van der Waals surface area (Å²) in [7, 11) is 0. The Morgan fingerprint density at radius 3 is 2.64 bits per heavy atom. The zero-order valence-corrected chi connectivity index (χ0v) is 25.4. The van der Waals surface area contributed by atoms with Crippen molar-refractivity contribution in [3.63, 3.8) is 0 Å². The fourth-order valence-electron chi connectivity index (χ4n) is 7.85. The molecule has 2 amide bonds. The van der Waals surface area contributed by atoms with Crippen LogP contribution in [0.1, 0.15) is 41.2 Å². The van der Waals surface area contributed by atoms with E-state index in [9.17, 15) is 29.3 Å². The number of carbonyl (C=O) groups excluding carboxylic acids is 2. The molecule has 2 bridgehead atoms. The second-order valence-electron chi connectivity index (χ2n) is 11.7. The molecule has 0 radical (unpaired) electrons. The van der Waals surface area contributed by atoms with Crippen molar-refractivity contribution in [2.45, 2.75) is 42.1 Å². The number of imide groups is 1. The van der Waals surface area contributed by atoms with Gasteiger partial charge in [0.1, 0.15) is 12.4 Å². The quantitative estimate of drug-likeness (QED) is 0.185. The molecule has 11 nitrogen and oxygen atoms in total. The second-order valence-corrected chi connectivity index (χ2v) is 14.3. The molecule has 6 unspecified atom stereocenters. The van der Waals surface area contributed by atoms with Gasteiger partial charge < -0.3 is 14.8 Å². The van der Waals surface area contributed by atoms with E-state index in [0.717, 1.165) is 21.8 Å². The molecular weight excluding hydrogens is 630 g/mol. The van der Waals surface area contributed by atoms with Gasteiger partial charge in [-0.25, -0.2) is 0 Å². The SMILES string of the molecule is O=C(O)CCCN1C(=O)C2C3CC(C2C1=O)C1C3Sc2[nH]c(=O)sc2[C@@H]1c1cc([N+](=O)[O-])ccc1OCc1cccc(Cl)c1. The minimum Gasteiger partial charge on any atom is -0.489 e. The highest BCUT2D eigenvalue weighted by atomic mass is 35.5. The Labute approximate surface area is 263 Å². The van der Waals surface area contributed by atoms with Crippen LogP contribution in [0.15, 0.2) is 52.3 Å². The zero-order chi connectivity index (χ0) is 30.9. The molecule has 2 aliphatic heterocycles. The number of nitrogens with zero attached hydrogens (tertiary/aromatic N) is 2. The molecule has 2 N–H and O–H groups in total. The van der Waals surface area contributed by atoms with Crippen molar-refractivity contribution in [2.24, 2.45) is 29.6 Å². The first kappa shape index (κ1) is 29.1.